The van der Waals surface area contributed by atoms with Gasteiger partial charge in [-0.3, -0.25) is 19.7 Å². The minimum absolute atomic E-state index is 0.00627. The summed E-state index contributed by atoms with van der Waals surface area (Å²) < 4.78 is 25.0. The van der Waals surface area contributed by atoms with Crippen LogP contribution in [0.25, 0.3) is 0 Å². The quantitative estimate of drug-likeness (QED) is 0.203. The van der Waals surface area contributed by atoms with Gasteiger partial charge in [0, 0.05) is 24.4 Å². The lowest BCUT2D eigenvalue weighted by Gasteiger charge is -2.33. The van der Waals surface area contributed by atoms with Crippen LogP contribution < -0.4 is 5.32 Å². The lowest BCUT2D eigenvalue weighted by atomic mass is 10.0. The van der Waals surface area contributed by atoms with Crippen molar-refractivity contribution in [2.75, 3.05) is 13.2 Å². The highest BCUT2D eigenvalue weighted by molar-refractivity contribution is 5.96. The number of carboxylic acids is 1. The largest absolute Gasteiger partial charge is 0.479 e. The minimum atomic E-state index is -1.59. The fourth-order valence-corrected chi connectivity index (χ4v) is 5.68. The van der Waals surface area contributed by atoms with Gasteiger partial charge in [-0.25, -0.2) is 18.8 Å². The van der Waals surface area contributed by atoms with Crippen LogP contribution >= 0.6 is 0 Å². The van der Waals surface area contributed by atoms with Crippen molar-refractivity contribution in [3.05, 3.63) is 47.8 Å². The molecule has 1 saturated carbocycles. The third kappa shape index (κ3) is 6.49. The molecule has 14 heteroatoms. The van der Waals surface area contributed by atoms with Crippen LogP contribution in [0.4, 0.5) is 14.0 Å². The number of benzene rings is 1. The lowest BCUT2D eigenvalue weighted by Crippen LogP contribution is -2.57. The van der Waals surface area contributed by atoms with Crippen LogP contribution in [0.1, 0.15) is 51.7 Å². The van der Waals surface area contributed by atoms with E-state index >= 15 is 0 Å². The molecule has 0 radical (unpaired) electrons. The maximum atomic E-state index is 14.2. The van der Waals surface area contributed by atoms with E-state index in [0.717, 1.165) is 4.90 Å². The van der Waals surface area contributed by atoms with Gasteiger partial charge in [-0.05, 0) is 29.9 Å². The summed E-state index contributed by atoms with van der Waals surface area (Å²) in [6.45, 7) is 10.2. The van der Waals surface area contributed by atoms with Crippen LogP contribution in [-0.4, -0.2) is 92.0 Å². The van der Waals surface area contributed by atoms with Crippen LogP contribution in [0.2, 0.25) is 0 Å². The molecule has 3 N–H and O–H groups in total. The molecule has 13 nitrogen and oxygen atoms in total. The molecule has 4 rings (SSSR count). The average molecular weight is 619 g/mol. The second kappa shape index (κ2) is 12.8. The number of nitrogens with one attached hydrogen (secondary N) is 1. The van der Waals surface area contributed by atoms with Crippen molar-refractivity contribution in [2.45, 2.75) is 77.4 Å². The predicted molar refractivity (Wildman–Crippen MR) is 151 cm³/mol. The van der Waals surface area contributed by atoms with Crippen molar-refractivity contribution >= 4 is 30.0 Å². The molecule has 1 aromatic rings. The van der Waals surface area contributed by atoms with Gasteiger partial charge in [0.15, 0.2) is 0 Å². The molecule has 0 aromatic heterocycles. The van der Waals surface area contributed by atoms with Gasteiger partial charge in [-0.1, -0.05) is 45.9 Å². The number of likely N-dealkylation sites (tertiary alicyclic amines) is 1. The number of nitrogens with zero attached hydrogens (tertiary/aromatic N) is 3. The van der Waals surface area contributed by atoms with E-state index in [9.17, 15) is 38.7 Å². The number of halogens is 1. The molecule has 4 amide bonds. The molecule has 1 aliphatic carbocycles. The van der Waals surface area contributed by atoms with E-state index in [4.69, 9.17) is 9.47 Å². The van der Waals surface area contributed by atoms with Gasteiger partial charge in [0.1, 0.15) is 29.5 Å². The summed E-state index contributed by atoms with van der Waals surface area (Å²) in [5.74, 6) is -4.52. The van der Waals surface area contributed by atoms with Gasteiger partial charge >= 0.3 is 18.2 Å². The molecular weight excluding hydrogens is 579 g/mol. The zero-order valence-corrected chi connectivity index (χ0v) is 25.2. The topological polar surface area (TPSA) is 166 Å². The molecule has 44 heavy (non-hydrogen) atoms. The number of ether oxygens (including phenoxy) is 2. The maximum Gasteiger partial charge on any atom is 0.434 e. The Balaban J connectivity index is 1.54. The summed E-state index contributed by atoms with van der Waals surface area (Å²) in [7, 11) is 0. The van der Waals surface area contributed by atoms with E-state index in [1.165, 1.54) is 17.0 Å². The third-order valence-corrected chi connectivity index (χ3v) is 8.20. The van der Waals surface area contributed by atoms with Gasteiger partial charge in [0.2, 0.25) is 11.8 Å². The molecule has 2 aliphatic heterocycles. The lowest BCUT2D eigenvalue weighted by molar-refractivity contribution is -0.163. The number of hydroxylamine groups is 2. The summed E-state index contributed by atoms with van der Waals surface area (Å²) in [5, 5.41) is 23.2. The van der Waals surface area contributed by atoms with Crippen molar-refractivity contribution in [2.24, 2.45) is 17.8 Å². The Kier molecular flexibility index (Phi) is 9.52. The maximum absolute atomic E-state index is 14.2. The van der Waals surface area contributed by atoms with E-state index in [2.05, 4.69) is 11.9 Å². The van der Waals surface area contributed by atoms with Crippen LogP contribution in [0.15, 0.2) is 30.9 Å². The smallest absolute Gasteiger partial charge is 0.434 e. The summed E-state index contributed by atoms with van der Waals surface area (Å²) in [6.07, 6.45) is -1.57. The molecule has 5 atom stereocenters. The Morgan fingerprint density at radius 3 is 2.48 bits per heavy atom. The van der Waals surface area contributed by atoms with Gasteiger partial charge in [0.05, 0.1) is 19.7 Å². The molecule has 2 fully saturated rings. The standard InChI is InChI=1S/C30H39FN4O9/c1-6-19-11-30(19,27(38)39)32-25(36)23-10-20(44-28(40)33-12-18-8-7-9-22(31)21(18)14-33)13-34(23)26(37)24(17(4)5)35(42)29(41)43-15-16(2)3/h6-9,16-17,19-20,23-24,42H,1,10-15H2,2-5H3,(H,32,36)(H,38,39)/t19-,20-,23+,24?,30?/m1/s1. The monoisotopic (exact) mass is 618 g/mol. The SMILES string of the molecule is C=C[C@@H]1CC1(NC(=O)[C@@H]1C[C@@H](OC(=O)N2Cc3cccc(F)c3C2)CN1C(=O)C(C(C)C)N(O)C(=O)OCC(C)C)C(=O)O. The van der Waals surface area contributed by atoms with Crippen LogP contribution in [-0.2, 0) is 36.9 Å². The molecule has 0 bridgehead atoms. The second-order valence-electron chi connectivity index (χ2n) is 12.3. The number of hydrogen-bond donors (Lipinski definition) is 3. The molecule has 2 unspecified atom stereocenters. The first-order valence-corrected chi connectivity index (χ1v) is 14.5. The van der Waals surface area contributed by atoms with Crippen molar-refractivity contribution in [1.29, 1.82) is 0 Å². The fourth-order valence-electron chi connectivity index (χ4n) is 5.68. The number of fused-ring (bicyclic) bond motifs is 1. The van der Waals surface area contributed by atoms with E-state index in [1.807, 2.05) is 0 Å². The Morgan fingerprint density at radius 1 is 1.20 bits per heavy atom. The zero-order chi connectivity index (χ0) is 32.5. The molecule has 2 heterocycles. The number of rotatable bonds is 10. The summed E-state index contributed by atoms with van der Waals surface area (Å²) >= 11 is 0. The molecule has 0 spiro atoms. The highest BCUT2D eigenvalue weighted by Gasteiger charge is 2.61. The number of carbonyl (C=O) groups excluding carboxylic acids is 4. The van der Waals surface area contributed by atoms with Gasteiger partial charge in [0.25, 0.3) is 0 Å². The van der Waals surface area contributed by atoms with E-state index < -0.39 is 71.3 Å². The highest BCUT2D eigenvalue weighted by Crippen LogP contribution is 2.45. The Morgan fingerprint density at radius 2 is 1.91 bits per heavy atom. The molecule has 240 valence electrons. The molecule has 1 saturated heterocycles. The normalized spacial score (nSPS) is 24.5. The second-order valence-corrected chi connectivity index (χ2v) is 12.3. The molecule has 1 aromatic carbocycles. The Hall–Kier alpha value is -4.20. The number of aliphatic carboxylic acids is 1. The fraction of sp³-hybridized carbons (Fsp3) is 0.567. The third-order valence-electron chi connectivity index (χ3n) is 8.20. The zero-order valence-electron chi connectivity index (χ0n) is 25.2. The predicted octanol–water partition coefficient (Wildman–Crippen LogP) is 2.90. The van der Waals surface area contributed by atoms with Crippen molar-refractivity contribution in [3.8, 4) is 0 Å². The number of hydrogen-bond acceptors (Lipinski definition) is 8. The first kappa shape index (κ1) is 32.7. The minimum Gasteiger partial charge on any atom is -0.479 e. The van der Waals surface area contributed by atoms with Gasteiger partial charge in [-0.15, -0.1) is 6.58 Å². The summed E-state index contributed by atoms with van der Waals surface area (Å²) in [5.41, 5.74) is -0.582. The number of carbonyl (C=O) groups is 5. The van der Waals surface area contributed by atoms with Crippen molar-refractivity contribution in [1.82, 2.24) is 20.2 Å². The number of amides is 4. The highest BCUT2D eigenvalue weighted by atomic mass is 19.1. The first-order chi connectivity index (χ1) is 20.7. The van der Waals surface area contributed by atoms with Crippen LogP contribution in [0, 0.1) is 23.6 Å². The van der Waals surface area contributed by atoms with Gasteiger partial charge < -0.3 is 24.8 Å². The van der Waals surface area contributed by atoms with E-state index in [1.54, 1.807) is 39.8 Å². The van der Waals surface area contributed by atoms with Crippen molar-refractivity contribution in [3.63, 3.8) is 0 Å². The Bertz CT molecular complexity index is 1340. The molecular formula is C30H39FN4O9. The summed E-state index contributed by atoms with van der Waals surface area (Å²) in [6, 6.07) is 1.78. The van der Waals surface area contributed by atoms with Crippen LogP contribution in [0.3, 0.4) is 0 Å². The van der Waals surface area contributed by atoms with Crippen molar-refractivity contribution < 1.29 is 48.2 Å². The average Bonchev–Trinajstić information content (AvgIpc) is 3.27. The van der Waals surface area contributed by atoms with Gasteiger partial charge in [-0.2, -0.15) is 5.06 Å². The summed E-state index contributed by atoms with van der Waals surface area (Å²) in [4.78, 5) is 67.5. The molecule has 3 aliphatic rings. The van der Waals surface area contributed by atoms with E-state index in [-0.39, 0.29) is 50.1 Å². The Labute approximate surface area is 254 Å². The number of carboxylic acid groups (broad SMARTS) is 1. The first-order valence-electron chi connectivity index (χ1n) is 14.5. The van der Waals surface area contributed by atoms with E-state index in [0.29, 0.717) is 11.1 Å². The van der Waals surface area contributed by atoms with Crippen LogP contribution in [0.5, 0.6) is 0 Å².